The minimum atomic E-state index is -0.0121. The first-order valence-corrected chi connectivity index (χ1v) is 8.85. The van der Waals surface area contributed by atoms with Gasteiger partial charge >= 0.3 is 0 Å². The fourth-order valence-corrected chi connectivity index (χ4v) is 4.02. The highest BCUT2D eigenvalue weighted by Gasteiger charge is 2.39. The lowest BCUT2D eigenvalue weighted by atomic mass is 10.0. The van der Waals surface area contributed by atoms with E-state index in [1.165, 1.54) is 4.88 Å². The van der Waals surface area contributed by atoms with Crippen LogP contribution in [0, 0.1) is 5.92 Å². The second kappa shape index (κ2) is 6.90. The molecule has 0 aliphatic carbocycles. The van der Waals surface area contributed by atoms with Crippen LogP contribution in [0.25, 0.3) is 0 Å². The molecular formula is C16H24N2O2S. The summed E-state index contributed by atoms with van der Waals surface area (Å²) >= 11 is 1.72. The largest absolute Gasteiger partial charge is 0.381 e. The molecule has 1 N–H and O–H groups in total. The van der Waals surface area contributed by atoms with Crippen molar-refractivity contribution in [3.05, 3.63) is 22.4 Å². The highest BCUT2D eigenvalue weighted by molar-refractivity contribution is 7.10. The summed E-state index contributed by atoms with van der Waals surface area (Å²) in [6.07, 6.45) is 4.21. The van der Waals surface area contributed by atoms with Gasteiger partial charge in [0.15, 0.2) is 0 Å². The monoisotopic (exact) mass is 308 g/mol. The smallest absolute Gasteiger partial charge is 0.241 e. The zero-order valence-electron chi connectivity index (χ0n) is 12.6. The molecule has 21 heavy (non-hydrogen) atoms. The lowest BCUT2D eigenvalue weighted by Gasteiger charge is -2.24. The maximum Gasteiger partial charge on any atom is 0.241 e. The van der Waals surface area contributed by atoms with Crippen LogP contribution in [-0.4, -0.2) is 36.6 Å². The third-order valence-corrected chi connectivity index (χ3v) is 5.37. The van der Waals surface area contributed by atoms with E-state index in [9.17, 15) is 4.79 Å². The van der Waals surface area contributed by atoms with Crippen LogP contribution < -0.4 is 5.32 Å². The van der Waals surface area contributed by atoms with Crippen LogP contribution in [0.1, 0.15) is 43.6 Å². The summed E-state index contributed by atoms with van der Waals surface area (Å²) in [7, 11) is 0. The molecule has 1 aromatic heterocycles. The van der Waals surface area contributed by atoms with Crippen molar-refractivity contribution in [1.29, 1.82) is 0 Å². The van der Waals surface area contributed by atoms with Gasteiger partial charge in [-0.15, -0.1) is 11.3 Å². The lowest BCUT2D eigenvalue weighted by molar-refractivity contribution is -0.130. The van der Waals surface area contributed by atoms with E-state index in [0.29, 0.717) is 5.92 Å². The van der Waals surface area contributed by atoms with E-state index in [2.05, 4.69) is 29.8 Å². The summed E-state index contributed by atoms with van der Waals surface area (Å²) < 4.78 is 5.44. The molecule has 2 fully saturated rings. The van der Waals surface area contributed by atoms with E-state index >= 15 is 0 Å². The van der Waals surface area contributed by atoms with E-state index in [1.807, 2.05) is 4.90 Å². The van der Waals surface area contributed by atoms with Crippen LogP contribution in [0.4, 0.5) is 0 Å². The van der Waals surface area contributed by atoms with Gasteiger partial charge in [-0.2, -0.15) is 0 Å². The van der Waals surface area contributed by atoms with Crippen molar-refractivity contribution >= 4 is 17.2 Å². The number of hydrogen-bond acceptors (Lipinski definition) is 4. The summed E-state index contributed by atoms with van der Waals surface area (Å²) in [5.41, 5.74) is 0. The summed E-state index contributed by atoms with van der Waals surface area (Å²) in [5.74, 6) is 0.890. The average molecular weight is 308 g/mol. The Morgan fingerprint density at radius 1 is 1.48 bits per heavy atom. The zero-order chi connectivity index (χ0) is 14.7. The predicted molar refractivity (Wildman–Crippen MR) is 84.1 cm³/mol. The Labute approximate surface area is 130 Å². The number of ether oxygens (including phenoxy) is 1. The van der Waals surface area contributed by atoms with Crippen molar-refractivity contribution in [3.63, 3.8) is 0 Å². The molecule has 3 heterocycles. The van der Waals surface area contributed by atoms with Crippen molar-refractivity contribution in [2.75, 3.05) is 19.8 Å². The third kappa shape index (κ3) is 3.30. The Balaban J connectivity index is 1.68. The molecule has 2 aliphatic rings. The molecule has 1 amide bonds. The molecule has 1 aromatic rings. The van der Waals surface area contributed by atoms with Gasteiger partial charge in [0.2, 0.25) is 5.91 Å². The molecule has 0 bridgehead atoms. The molecule has 116 valence electrons. The standard InChI is InChI=1S/C16H24N2O2S/c1-2-4-13-16(19)18(8-6-12-7-9-20-11-12)15(17-13)14-5-3-10-21-14/h3,5,10,12-13,15,17H,2,4,6-9,11H2,1H3. The van der Waals surface area contributed by atoms with Crippen LogP contribution in [0.3, 0.4) is 0 Å². The molecule has 5 heteroatoms. The van der Waals surface area contributed by atoms with E-state index in [0.717, 1.165) is 45.4 Å². The summed E-state index contributed by atoms with van der Waals surface area (Å²) in [5, 5.41) is 5.61. The second-order valence-electron chi connectivity index (χ2n) is 5.98. The molecule has 3 atom stereocenters. The fraction of sp³-hybridized carbons (Fsp3) is 0.688. The minimum absolute atomic E-state index is 0.0121. The van der Waals surface area contributed by atoms with Gasteiger partial charge in [-0.05, 0) is 36.6 Å². The van der Waals surface area contributed by atoms with Crippen LogP contribution in [0.5, 0.6) is 0 Å². The van der Waals surface area contributed by atoms with Gasteiger partial charge in [0.1, 0.15) is 6.17 Å². The Morgan fingerprint density at radius 2 is 2.38 bits per heavy atom. The maximum atomic E-state index is 12.6. The van der Waals surface area contributed by atoms with Crippen LogP contribution in [0.2, 0.25) is 0 Å². The normalized spacial score (nSPS) is 29.5. The van der Waals surface area contributed by atoms with Crippen molar-refractivity contribution in [3.8, 4) is 0 Å². The van der Waals surface area contributed by atoms with Gasteiger partial charge in [0.05, 0.1) is 6.04 Å². The number of amides is 1. The van der Waals surface area contributed by atoms with Gasteiger partial charge in [-0.25, -0.2) is 0 Å². The molecule has 0 radical (unpaired) electrons. The molecule has 2 saturated heterocycles. The first-order valence-electron chi connectivity index (χ1n) is 7.97. The molecular weight excluding hydrogens is 284 g/mol. The first kappa shape index (κ1) is 15.0. The number of carbonyl (C=O) groups excluding carboxylic acids is 1. The number of nitrogens with zero attached hydrogens (tertiary/aromatic N) is 1. The van der Waals surface area contributed by atoms with Crippen molar-refractivity contribution in [2.45, 2.75) is 44.8 Å². The molecule has 3 unspecified atom stereocenters. The minimum Gasteiger partial charge on any atom is -0.381 e. The Kier molecular flexibility index (Phi) is 4.93. The lowest BCUT2D eigenvalue weighted by Crippen LogP contribution is -2.32. The van der Waals surface area contributed by atoms with Crippen LogP contribution in [-0.2, 0) is 9.53 Å². The molecule has 0 saturated carbocycles. The number of hydrogen-bond donors (Lipinski definition) is 1. The molecule has 2 aliphatic heterocycles. The summed E-state index contributed by atoms with van der Waals surface area (Å²) in [4.78, 5) is 15.9. The van der Waals surface area contributed by atoms with E-state index in [4.69, 9.17) is 4.74 Å². The highest BCUT2D eigenvalue weighted by atomic mass is 32.1. The predicted octanol–water partition coefficient (Wildman–Crippen LogP) is 2.77. The summed E-state index contributed by atoms with van der Waals surface area (Å²) in [6.45, 7) is 4.71. The van der Waals surface area contributed by atoms with Gasteiger partial charge in [-0.1, -0.05) is 19.4 Å². The van der Waals surface area contributed by atoms with Gasteiger partial charge in [0, 0.05) is 24.6 Å². The second-order valence-corrected chi connectivity index (χ2v) is 6.96. The van der Waals surface area contributed by atoms with Crippen molar-refractivity contribution < 1.29 is 9.53 Å². The van der Waals surface area contributed by atoms with Gasteiger partial charge in [-0.3, -0.25) is 10.1 Å². The van der Waals surface area contributed by atoms with Crippen molar-refractivity contribution in [1.82, 2.24) is 10.2 Å². The first-order chi connectivity index (χ1) is 10.3. The Bertz CT molecular complexity index is 457. The molecule has 3 rings (SSSR count). The number of carbonyl (C=O) groups is 1. The SMILES string of the molecule is CCCC1NC(c2cccs2)N(CCC2CCOC2)C1=O. The summed E-state index contributed by atoms with van der Waals surface area (Å²) in [6, 6.07) is 4.17. The van der Waals surface area contributed by atoms with Crippen molar-refractivity contribution in [2.24, 2.45) is 5.92 Å². The van der Waals surface area contributed by atoms with E-state index < -0.39 is 0 Å². The Morgan fingerprint density at radius 3 is 3.05 bits per heavy atom. The highest BCUT2D eigenvalue weighted by Crippen LogP contribution is 2.31. The zero-order valence-corrected chi connectivity index (χ0v) is 13.4. The van der Waals surface area contributed by atoms with E-state index in [1.54, 1.807) is 11.3 Å². The number of rotatable bonds is 6. The van der Waals surface area contributed by atoms with Crippen LogP contribution in [0.15, 0.2) is 17.5 Å². The Hall–Kier alpha value is -0.910. The van der Waals surface area contributed by atoms with E-state index in [-0.39, 0.29) is 18.1 Å². The molecule has 4 nitrogen and oxygen atoms in total. The quantitative estimate of drug-likeness (QED) is 0.878. The topological polar surface area (TPSA) is 41.6 Å². The average Bonchev–Trinajstić information content (AvgIpc) is 3.20. The third-order valence-electron chi connectivity index (χ3n) is 4.44. The molecule has 0 aromatic carbocycles. The van der Waals surface area contributed by atoms with Gasteiger partial charge < -0.3 is 9.64 Å². The molecule has 0 spiro atoms. The number of thiophene rings is 1. The van der Waals surface area contributed by atoms with Crippen LogP contribution >= 0.6 is 11.3 Å². The maximum absolute atomic E-state index is 12.6. The fourth-order valence-electron chi connectivity index (χ4n) is 3.23. The number of nitrogens with one attached hydrogen (secondary N) is 1. The van der Waals surface area contributed by atoms with Gasteiger partial charge in [0.25, 0.3) is 0 Å².